The molecule has 78 valence electrons. The fourth-order valence-electron chi connectivity index (χ4n) is 1.56. The number of hydrogen-bond acceptors (Lipinski definition) is 1. The lowest BCUT2D eigenvalue weighted by Gasteiger charge is -2.15. The van der Waals surface area contributed by atoms with Crippen molar-refractivity contribution in [2.75, 3.05) is 14.1 Å². The van der Waals surface area contributed by atoms with E-state index in [0.29, 0.717) is 5.92 Å². The van der Waals surface area contributed by atoms with Crippen LogP contribution in [-0.2, 0) is 6.54 Å². The minimum Gasteiger partial charge on any atom is -0.305 e. The molecule has 0 heterocycles. The first-order valence-corrected chi connectivity index (χ1v) is 5.25. The van der Waals surface area contributed by atoms with E-state index < -0.39 is 0 Å². The molecule has 0 aliphatic carbocycles. The fourth-order valence-corrected chi connectivity index (χ4v) is 1.56. The molecular weight excluding hydrogens is 170 g/mol. The second-order valence-corrected chi connectivity index (χ2v) is 4.58. The molecule has 1 aromatic carbocycles. The summed E-state index contributed by atoms with van der Waals surface area (Å²) in [4.78, 5) is 2.21. The average Bonchev–Trinajstić information content (AvgIpc) is 2.07. The highest BCUT2D eigenvalue weighted by atomic mass is 15.0. The average molecular weight is 191 g/mol. The zero-order chi connectivity index (χ0) is 10.7. The summed E-state index contributed by atoms with van der Waals surface area (Å²) in [6.45, 7) is 7.70. The van der Waals surface area contributed by atoms with E-state index in [1.54, 1.807) is 0 Å². The van der Waals surface area contributed by atoms with Gasteiger partial charge in [0.25, 0.3) is 0 Å². The van der Waals surface area contributed by atoms with Gasteiger partial charge in [-0.15, -0.1) is 0 Å². The summed E-state index contributed by atoms with van der Waals surface area (Å²) >= 11 is 0. The predicted molar refractivity (Wildman–Crippen MR) is 62.7 cm³/mol. The van der Waals surface area contributed by atoms with Crippen molar-refractivity contribution in [1.82, 2.24) is 4.90 Å². The number of hydrogen-bond donors (Lipinski definition) is 0. The molecule has 0 aliphatic rings. The molecule has 0 radical (unpaired) electrons. The Labute approximate surface area is 87.7 Å². The van der Waals surface area contributed by atoms with Crippen molar-refractivity contribution in [3.63, 3.8) is 0 Å². The lowest BCUT2D eigenvalue weighted by atomic mass is 9.98. The van der Waals surface area contributed by atoms with Crippen LogP contribution in [0, 0.1) is 6.92 Å². The monoisotopic (exact) mass is 191 g/mol. The Morgan fingerprint density at radius 3 is 2.36 bits per heavy atom. The molecule has 1 rings (SSSR count). The molecule has 0 spiro atoms. The molecule has 0 atom stereocenters. The molecule has 0 bridgehead atoms. The van der Waals surface area contributed by atoms with E-state index >= 15 is 0 Å². The molecule has 1 heteroatoms. The zero-order valence-electron chi connectivity index (χ0n) is 9.96. The minimum absolute atomic E-state index is 0.622. The van der Waals surface area contributed by atoms with Gasteiger partial charge in [-0.2, -0.15) is 0 Å². The van der Waals surface area contributed by atoms with Crippen LogP contribution in [0.2, 0.25) is 0 Å². The van der Waals surface area contributed by atoms with Crippen molar-refractivity contribution in [3.8, 4) is 0 Å². The highest BCUT2D eigenvalue weighted by Crippen LogP contribution is 2.19. The highest BCUT2D eigenvalue weighted by molar-refractivity contribution is 5.32. The second-order valence-electron chi connectivity index (χ2n) is 4.58. The van der Waals surface area contributed by atoms with Crippen LogP contribution in [0.25, 0.3) is 0 Å². The Morgan fingerprint density at radius 2 is 1.86 bits per heavy atom. The Kier molecular flexibility index (Phi) is 3.70. The molecule has 14 heavy (non-hydrogen) atoms. The van der Waals surface area contributed by atoms with Gasteiger partial charge in [-0.3, -0.25) is 0 Å². The third-order valence-corrected chi connectivity index (χ3v) is 2.53. The molecule has 0 aliphatic heterocycles. The van der Waals surface area contributed by atoms with Gasteiger partial charge in [0.2, 0.25) is 0 Å². The SMILES string of the molecule is Cc1ccc(C(C)C)cc1CN(C)C. The van der Waals surface area contributed by atoms with Crippen LogP contribution in [0.5, 0.6) is 0 Å². The maximum absolute atomic E-state index is 2.33. The predicted octanol–water partition coefficient (Wildman–Crippen LogP) is 3.18. The lowest BCUT2D eigenvalue weighted by Crippen LogP contribution is -2.12. The summed E-state index contributed by atoms with van der Waals surface area (Å²) in [5.41, 5.74) is 4.27. The van der Waals surface area contributed by atoms with Crippen LogP contribution in [-0.4, -0.2) is 19.0 Å². The van der Waals surface area contributed by atoms with Crippen LogP contribution < -0.4 is 0 Å². The third kappa shape index (κ3) is 2.85. The van der Waals surface area contributed by atoms with Crippen LogP contribution in [0.3, 0.4) is 0 Å². The Balaban J connectivity index is 2.96. The van der Waals surface area contributed by atoms with Crippen molar-refractivity contribution in [3.05, 3.63) is 34.9 Å². The first-order valence-electron chi connectivity index (χ1n) is 5.25. The first kappa shape index (κ1) is 11.3. The van der Waals surface area contributed by atoms with Crippen molar-refractivity contribution >= 4 is 0 Å². The van der Waals surface area contributed by atoms with E-state index in [0.717, 1.165) is 6.54 Å². The summed E-state index contributed by atoms with van der Waals surface area (Å²) in [5.74, 6) is 0.622. The quantitative estimate of drug-likeness (QED) is 0.709. The standard InChI is InChI=1S/C13H21N/c1-10(2)12-7-6-11(3)13(8-12)9-14(4)5/h6-8,10H,9H2,1-5H3. The van der Waals surface area contributed by atoms with Gasteiger partial charge in [0.05, 0.1) is 0 Å². The van der Waals surface area contributed by atoms with Gasteiger partial charge in [0.15, 0.2) is 0 Å². The largest absolute Gasteiger partial charge is 0.305 e. The van der Waals surface area contributed by atoms with Crippen LogP contribution >= 0.6 is 0 Å². The molecular formula is C13H21N. The van der Waals surface area contributed by atoms with Crippen molar-refractivity contribution in [2.24, 2.45) is 0 Å². The highest BCUT2D eigenvalue weighted by Gasteiger charge is 2.04. The smallest absolute Gasteiger partial charge is 0.0230 e. The second kappa shape index (κ2) is 4.61. The Morgan fingerprint density at radius 1 is 1.21 bits per heavy atom. The summed E-state index contributed by atoms with van der Waals surface area (Å²) in [6, 6.07) is 6.80. The molecule has 1 nitrogen and oxygen atoms in total. The summed E-state index contributed by atoms with van der Waals surface area (Å²) in [7, 11) is 4.23. The molecule has 0 amide bonds. The minimum atomic E-state index is 0.622. The van der Waals surface area contributed by atoms with Gasteiger partial charge in [0.1, 0.15) is 0 Å². The maximum Gasteiger partial charge on any atom is 0.0230 e. The molecule has 0 aromatic heterocycles. The van der Waals surface area contributed by atoms with Crippen molar-refractivity contribution in [2.45, 2.75) is 33.2 Å². The summed E-state index contributed by atoms with van der Waals surface area (Å²) in [6.07, 6.45) is 0. The van der Waals surface area contributed by atoms with Gasteiger partial charge < -0.3 is 4.90 Å². The van der Waals surface area contributed by atoms with Crippen LogP contribution in [0.15, 0.2) is 18.2 Å². The van der Waals surface area contributed by atoms with E-state index in [-0.39, 0.29) is 0 Å². The van der Waals surface area contributed by atoms with Gasteiger partial charge in [-0.1, -0.05) is 32.0 Å². The normalized spacial score (nSPS) is 11.4. The van der Waals surface area contributed by atoms with Crippen LogP contribution in [0.4, 0.5) is 0 Å². The number of aryl methyl sites for hydroxylation is 1. The van der Waals surface area contributed by atoms with E-state index in [1.165, 1.54) is 16.7 Å². The number of rotatable bonds is 3. The Hall–Kier alpha value is -0.820. The number of benzene rings is 1. The van der Waals surface area contributed by atoms with Gasteiger partial charge in [-0.05, 0) is 43.6 Å². The summed E-state index contributed by atoms with van der Waals surface area (Å²) in [5, 5.41) is 0. The molecule has 0 saturated heterocycles. The van der Waals surface area contributed by atoms with E-state index in [1.807, 2.05) is 0 Å². The third-order valence-electron chi connectivity index (χ3n) is 2.53. The van der Waals surface area contributed by atoms with Gasteiger partial charge in [0, 0.05) is 6.54 Å². The zero-order valence-corrected chi connectivity index (χ0v) is 9.96. The summed E-state index contributed by atoms with van der Waals surface area (Å²) < 4.78 is 0. The molecule has 0 fully saturated rings. The van der Waals surface area contributed by atoms with E-state index in [4.69, 9.17) is 0 Å². The van der Waals surface area contributed by atoms with E-state index in [2.05, 4.69) is 58.0 Å². The fraction of sp³-hybridized carbons (Fsp3) is 0.538. The topological polar surface area (TPSA) is 3.24 Å². The van der Waals surface area contributed by atoms with Crippen molar-refractivity contribution < 1.29 is 0 Å². The van der Waals surface area contributed by atoms with Crippen LogP contribution in [0.1, 0.15) is 36.5 Å². The van der Waals surface area contributed by atoms with Gasteiger partial charge >= 0.3 is 0 Å². The first-order chi connectivity index (χ1) is 6.50. The molecule has 0 saturated carbocycles. The van der Waals surface area contributed by atoms with Gasteiger partial charge in [-0.25, -0.2) is 0 Å². The Bertz CT molecular complexity index is 300. The molecule has 0 unspecified atom stereocenters. The van der Waals surface area contributed by atoms with Crippen molar-refractivity contribution in [1.29, 1.82) is 0 Å². The maximum atomic E-state index is 2.33. The van der Waals surface area contributed by atoms with E-state index in [9.17, 15) is 0 Å². The molecule has 1 aromatic rings. The molecule has 0 N–H and O–H groups in total. The lowest BCUT2D eigenvalue weighted by molar-refractivity contribution is 0.401. The number of nitrogens with zero attached hydrogens (tertiary/aromatic N) is 1.